The number of rotatable bonds is 8. The van der Waals surface area contributed by atoms with Crippen molar-refractivity contribution in [2.75, 3.05) is 20.6 Å². The van der Waals surface area contributed by atoms with Gasteiger partial charge in [0.1, 0.15) is 0 Å². The second-order valence-corrected chi connectivity index (χ2v) is 5.11. The Morgan fingerprint density at radius 1 is 1.32 bits per heavy atom. The molecule has 1 unspecified atom stereocenters. The molecule has 0 rings (SSSR count). The van der Waals surface area contributed by atoms with Gasteiger partial charge >= 0.3 is 0 Å². The molecule has 0 aliphatic rings. The van der Waals surface area contributed by atoms with Crippen LogP contribution in [0.2, 0.25) is 0 Å². The lowest BCUT2D eigenvalue weighted by Gasteiger charge is -2.34. The Kier molecular flexibility index (Phi) is 8.24. The molecule has 0 saturated carbocycles. The van der Waals surface area contributed by atoms with Crippen LogP contribution in [-0.4, -0.2) is 36.6 Å². The van der Waals surface area contributed by atoms with E-state index >= 15 is 0 Å². The van der Waals surface area contributed by atoms with Crippen molar-refractivity contribution in [1.82, 2.24) is 15.3 Å². The Bertz CT molecular complexity index is 329. The Morgan fingerprint density at radius 2 is 1.89 bits per heavy atom. The first-order valence-corrected chi connectivity index (χ1v) is 7.10. The van der Waals surface area contributed by atoms with Crippen molar-refractivity contribution in [2.24, 2.45) is 5.92 Å². The number of hydrogen-bond acceptors (Lipinski definition) is 3. The monoisotopic (exact) mass is 265 g/mol. The summed E-state index contributed by atoms with van der Waals surface area (Å²) in [5.74, 6) is 0.609. The lowest BCUT2D eigenvalue weighted by atomic mass is 10.0. The fourth-order valence-electron chi connectivity index (χ4n) is 1.92. The Hall–Kier alpha value is -1.22. The van der Waals surface area contributed by atoms with E-state index in [-0.39, 0.29) is 0 Å². The zero-order chi connectivity index (χ0) is 15.0. The summed E-state index contributed by atoms with van der Waals surface area (Å²) in [6.07, 6.45) is 6.24. The molecular weight excluding hydrogens is 234 g/mol. The molecule has 0 bridgehead atoms. The summed E-state index contributed by atoms with van der Waals surface area (Å²) in [6.45, 7) is 16.1. The average molecular weight is 265 g/mol. The van der Waals surface area contributed by atoms with Crippen molar-refractivity contribution in [2.45, 2.75) is 40.7 Å². The Balaban J connectivity index is 5.13. The largest absolute Gasteiger partial charge is 0.369 e. The lowest BCUT2D eigenvalue weighted by molar-refractivity contribution is 0.232. The Morgan fingerprint density at radius 3 is 2.26 bits per heavy atom. The molecule has 0 aliphatic heterocycles. The van der Waals surface area contributed by atoms with Crippen LogP contribution in [0.25, 0.3) is 0 Å². The first-order chi connectivity index (χ1) is 8.88. The average Bonchev–Trinajstić information content (AvgIpc) is 2.37. The van der Waals surface area contributed by atoms with Gasteiger partial charge in [-0.3, -0.25) is 0 Å². The fraction of sp³-hybridized carbons (Fsp3) is 0.625. The van der Waals surface area contributed by atoms with E-state index in [4.69, 9.17) is 0 Å². The summed E-state index contributed by atoms with van der Waals surface area (Å²) < 4.78 is 0. The van der Waals surface area contributed by atoms with Gasteiger partial charge < -0.3 is 9.91 Å². The third kappa shape index (κ3) is 5.52. The van der Waals surface area contributed by atoms with Gasteiger partial charge in [-0.2, -0.15) is 0 Å². The molecule has 110 valence electrons. The smallest absolute Gasteiger partial charge is 0.0533 e. The molecule has 0 fully saturated rings. The zero-order valence-corrected chi connectivity index (χ0v) is 13.7. The number of hydrazine groups is 1. The van der Waals surface area contributed by atoms with Gasteiger partial charge in [-0.1, -0.05) is 26.5 Å². The molecule has 19 heavy (non-hydrogen) atoms. The summed E-state index contributed by atoms with van der Waals surface area (Å²) in [6, 6.07) is 0.487. The normalized spacial score (nSPS) is 14.0. The van der Waals surface area contributed by atoms with Crippen molar-refractivity contribution in [3.8, 4) is 0 Å². The van der Waals surface area contributed by atoms with E-state index in [1.807, 2.05) is 32.1 Å². The molecule has 0 heterocycles. The second kappa shape index (κ2) is 8.81. The second-order valence-electron chi connectivity index (χ2n) is 5.11. The van der Waals surface area contributed by atoms with E-state index in [0.29, 0.717) is 12.0 Å². The van der Waals surface area contributed by atoms with Gasteiger partial charge in [0, 0.05) is 32.4 Å². The van der Waals surface area contributed by atoms with E-state index in [2.05, 4.69) is 56.8 Å². The van der Waals surface area contributed by atoms with Gasteiger partial charge in [0.25, 0.3) is 0 Å². The standard InChI is InChI=1S/C16H31N3/c1-9-11-16(18(8)17-7)12-14(5)19(10-2)15(6)13(3)4/h9,11-13,15,17H,5,10H2,1-4,6-8H3/b11-9-,16-12+. The van der Waals surface area contributed by atoms with E-state index < -0.39 is 0 Å². The number of hydrogen-bond donors (Lipinski definition) is 1. The quantitative estimate of drug-likeness (QED) is 0.536. The zero-order valence-electron chi connectivity index (χ0n) is 13.7. The maximum Gasteiger partial charge on any atom is 0.0533 e. The fourth-order valence-corrected chi connectivity index (χ4v) is 1.92. The van der Waals surface area contributed by atoms with Crippen molar-refractivity contribution >= 4 is 0 Å². The minimum atomic E-state index is 0.487. The van der Waals surface area contributed by atoms with Crippen molar-refractivity contribution in [3.63, 3.8) is 0 Å². The molecule has 0 saturated heterocycles. The van der Waals surface area contributed by atoms with Crippen LogP contribution in [0, 0.1) is 5.92 Å². The molecule has 0 spiro atoms. The molecule has 0 aromatic rings. The molecular formula is C16H31N3. The molecule has 1 atom stereocenters. The molecule has 0 aromatic heterocycles. The number of allylic oxidation sites excluding steroid dienone is 3. The van der Waals surface area contributed by atoms with Gasteiger partial charge in [-0.15, -0.1) is 0 Å². The van der Waals surface area contributed by atoms with E-state index in [1.165, 1.54) is 0 Å². The van der Waals surface area contributed by atoms with Crippen LogP contribution in [0.1, 0.15) is 34.6 Å². The maximum atomic E-state index is 4.23. The highest BCUT2D eigenvalue weighted by molar-refractivity contribution is 5.26. The summed E-state index contributed by atoms with van der Waals surface area (Å²) in [4.78, 5) is 2.34. The minimum Gasteiger partial charge on any atom is -0.369 e. The highest BCUT2D eigenvalue weighted by Gasteiger charge is 2.16. The molecule has 0 aliphatic carbocycles. The topological polar surface area (TPSA) is 18.5 Å². The summed E-state index contributed by atoms with van der Waals surface area (Å²) in [5.41, 5.74) is 5.27. The first-order valence-electron chi connectivity index (χ1n) is 7.10. The molecule has 3 heteroatoms. The van der Waals surface area contributed by atoms with Crippen LogP contribution in [0.3, 0.4) is 0 Å². The van der Waals surface area contributed by atoms with Gasteiger partial charge in [-0.05, 0) is 38.8 Å². The van der Waals surface area contributed by atoms with Gasteiger partial charge in [-0.25, -0.2) is 5.43 Å². The molecule has 0 amide bonds. The highest BCUT2D eigenvalue weighted by Crippen LogP contribution is 2.17. The highest BCUT2D eigenvalue weighted by atomic mass is 15.5. The van der Waals surface area contributed by atoms with Crippen molar-refractivity contribution < 1.29 is 0 Å². The molecule has 3 nitrogen and oxygen atoms in total. The van der Waals surface area contributed by atoms with Crippen LogP contribution in [0.15, 0.2) is 36.2 Å². The summed E-state index contributed by atoms with van der Waals surface area (Å²) >= 11 is 0. The molecule has 1 N–H and O–H groups in total. The third-order valence-corrected chi connectivity index (χ3v) is 3.54. The van der Waals surface area contributed by atoms with Gasteiger partial charge in [0.2, 0.25) is 0 Å². The Labute approximate surface area is 119 Å². The third-order valence-electron chi connectivity index (χ3n) is 3.54. The number of nitrogens with one attached hydrogen (secondary N) is 1. The minimum absolute atomic E-state index is 0.487. The van der Waals surface area contributed by atoms with Crippen LogP contribution in [-0.2, 0) is 0 Å². The van der Waals surface area contributed by atoms with Crippen molar-refractivity contribution in [1.29, 1.82) is 0 Å². The van der Waals surface area contributed by atoms with Crippen LogP contribution >= 0.6 is 0 Å². The van der Waals surface area contributed by atoms with E-state index in [1.54, 1.807) is 0 Å². The molecule has 0 radical (unpaired) electrons. The summed E-state index contributed by atoms with van der Waals surface area (Å²) in [5, 5.41) is 1.99. The lowest BCUT2D eigenvalue weighted by Crippen LogP contribution is -2.36. The first kappa shape index (κ1) is 17.8. The van der Waals surface area contributed by atoms with E-state index in [0.717, 1.165) is 17.9 Å². The number of nitrogens with zero attached hydrogens (tertiary/aromatic N) is 2. The van der Waals surface area contributed by atoms with Crippen LogP contribution < -0.4 is 5.43 Å². The SMILES string of the molecule is C=C(/C=C(\C=C/C)N(C)NC)N(CC)C(C)C(C)C. The van der Waals surface area contributed by atoms with Crippen molar-refractivity contribution in [3.05, 3.63) is 36.2 Å². The number of likely N-dealkylation sites (N-methyl/N-ethyl adjacent to an activating group) is 2. The van der Waals surface area contributed by atoms with Gasteiger partial charge in [0.05, 0.1) is 5.70 Å². The van der Waals surface area contributed by atoms with Crippen LogP contribution in [0.5, 0.6) is 0 Å². The van der Waals surface area contributed by atoms with E-state index in [9.17, 15) is 0 Å². The van der Waals surface area contributed by atoms with Crippen LogP contribution in [0.4, 0.5) is 0 Å². The van der Waals surface area contributed by atoms with Gasteiger partial charge in [0.15, 0.2) is 0 Å². The maximum absolute atomic E-state index is 4.23. The predicted octanol–water partition coefficient (Wildman–Crippen LogP) is 3.39. The molecule has 0 aromatic carbocycles. The predicted molar refractivity (Wildman–Crippen MR) is 85.5 cm³/mol. The summed E-state index contributed by atoms with van der Waals surface area (Å²) in [7, 11) is 3.91.